The van der Waals surface area contributed by atoms with E-state index in [2.05, 4.69) is 24.4 Å². The number of amides is 1. The normalized spacial score (nSPS) is 11.4. The Labute approximate surface area is 177 Å². The number of carbonyl (C=O) groups is 1. The van der Waals surface area contributed by atoms with Crippen LogP contribution in [-0.2, 0) is 6.61 Å². The summed E-state index contributed by atoms with van der Waals surface area (Å²) in [5.74, 6) is 1.38. The molecule has 0 bridgehead atoms. The maximum Gasteiger partial charge on any atom is 0.251 e. The summed E-state index contributed by atoms with van der Waals surface area (Å²) in [5.41, 5.74) is 2.66. The summed E-state index contributed by atoms with van der Waals surface area (Å²) in [5, 5.41) is 2.99. The topological polar surface area (TPSA) is 56.8 Å². The average Bonchev–Trinajstić information content (AvgIpc) is 2.81. The molecule has 1 N–H and O–H groups in total. The van der Waals surface area contributed by atoms with Crippen molar-refractivity contribution < 1.29 is 19.0 Å². The van der Waals surface area contributed by atoms with E-state index in [9.17, 15) is 4.79 Å². The molecule has 3 aromatic carbocycles. The van der Waals surface area contributed by atoms with Crippen LogP contribution in [0.1, 0.15) is 34.3 Å². The zero-order valence-electron chi connectivity index (χ0n) is 17.6. The highest BCUT2D eigenvalue weighted by molar-refractivity contribution is 5.95. The molecule has 0 aromatic heterocycles. The van der Waals surface area contributed by atoms with Crippen LogP contribution in [0.4, 0.5) is 0 Å². The molecule has 5 nitrogen and oxygen atoms in total. The van der Waals surface area contributed by atoms with Crippen LogP contribution in [0.3, 0.4) is 0 Å². The van der Waals surface area contributed by atoms with Gasteiger partial charge in [0.25, 0.3) is 5.91 Å². The first-order valence-corrected chi connectivity index (χ1v) is 9.88. The van der Waals surface area contributed by atoms with Crippen LogP contribution in [0, 0.1) is 0 Å². The lowest BCUT2D eigenvalue weighted by Crippen LogP contribution is -2.27. The highest BCUT2D eigenvalue weighted by Gasteiger charge is 2.18. The van der Waals surface area contributed by atoms with E-state index in [1.54, 1.807) is 26.4 Å². The SMILES string of the molecule is COc1cc(C(=O)NC[C@@H](C)c2ccccc2)cc(OC)c1OCc1ccccc1. The number of ether oxygens (including phenoxy) is 3. The third-order valence-corrected chi connectivity index (χ3v) is 4.89. The van der Waals surface area contributed by atoms with E-state index in [1.165, 1.54) is 5.56 Å². The lowest BCUT2D eigenvalue weighted by molar-refractivity contribution is 0.0950. The van der Waals surface area contributed by atoms with E-state index in [1.807, 2.05) is 48.5 Å². The van der Waals surface area contributed by atoms with Crippen LogP contribution < -0.4 is 19.5 Å². The summed E-state index contributed by atoms with van der Waals surface area (Å²) in [4.78, 5) is 12.7. The first-order chi connectivity index (χ1) is 14.6. The first kappa shape index (κ1) is 21.2. The minimum absolute atomic E-state index is 0.191. The summed E-state index contributed by atoms with van der Waals surface area (Å²) >= 11 is 0. The van der Waals surface area contributed by atoms with Gasteiger partial charge in [-0.25, -0.2) is 0 Å². The van der Waals surface area contributed by atoms with Crippen molar-refractivity contribution in [1.82, 2.24) is 5.32 Å². The van der Waals surface area contributed by atoms with E-state index in [-0.39, 0.29) is 11.8 Å². The van der Waals surface area contributed by atoms with Gasteiger partial charge in [-0.15, -0.1) is 0 Å². The lowest BCUT2D eigenvalue weighted by Gasteiger charge is -2.17. The van der Waals surface area contributed by atoms with Crippen molar-refractivity contribution in [2.45, 2.75) is 19.4 Å². The maximum atomic E-state index is 12.7. The third kappa shape index (κ3) is 5.32. The molecule has 0 aliphatic carbocycles. The second-order valence-corrected chi connectivity index (χ2v) is 7.01. The molecular formula is C25H27NO4. The van der Waals surface area contributed by atoms with Crippen molar-refractivity contribution in [2.75, 3.05) is 20.8 Å². The minimum atomic E-state index is -0.191. The molecule has 0 saturated carbocycles. The fourth-order valence-electron chi connectivity index (χ4n) is 3.13. The lowest BCUT2D eigenvalue weighted by atomic mass is 10.0. The second kappa shape index (κ2) is 10.3. The van der Waals surface area contributed by atoms with Crippen molar-refractivity contribution in [2.24, 2.45) is 0 Å². The predicted molar refractivity (Wildman–Crippen MR) is 118 cm³/mol. The van der Waals surface area contributed by atoms with E-state index >= 15 is 0 Å². The Kier molecular flexibility index (Phi) is 7.33. The van der Waals surface area contributed by atoms with Gasteiger partial charge < -0.3 is 19.5 Å². The second-order valence-electron chi connectivity index (χ2n) is 7.01. The van der Waals surface area contributed by atoms with Gasteiger partial charge in [-0.2, -0.15) is 0 Å². The number of hydrogen-bond acceptors (Lipinski definition) is 4. The zero-order valence-corrected chi connectivity index (χ0v) is 17.6. The molecule has 0 aliphatic heterocycles. The smallest absolute Gasteiger partial charge is 0.251 e. The summed E-state index contributed by atoms with van der Waals surface area (Å²) < 4.78 is 16.9. The van der Waals surface area contributed by atoms with Gasteiger partial charge in [0.05, 0.1) is 14.2 Å². The quantitative estimate of drug-likeness (QED) is 0.555. The summed E-state index contributed by atoms with van der Waals surface area (Å²) in [6, 6.07) is 23.3. The number of hydrogen-bond donors (Lipinski definition) is 1. The monoisotopic (exact) mass is 405 g/mol. The summed E-state index contributed by atoms with van der Waals surface area (Å²) in [7, 11) is 3.09. The van der Waals surface area contributed by atoms with E-state index in [4.69, 9.17) is 14.2 Å². The standard InChI is InChI=1S/C25H27NO4/c1-18(20-12-8-5-9-13-20)16-26-25(27)21-14-22(28-2)24(23(15-21)29-3)30-17-19-10-6-4-7-11-19/h4-15,18H,16-17H2,1-3H3,(H,26,27)/t18-/m1/s1. The Bertz CT molecular complexity index is 932. The maximum absolute atomic E-state index is 12.7. The summed E-state index contributed by atoms with van der Waals surface area (Å²) in [6.45, 7) is 2.98. The van der Waals surface area contributed by atoms with Crippen LogP contribution in [0.2, 0.25) is 0 Å². The Morgan fingerprint density at radius 1 is 0.900 bits per heavy atom. The molecule has 0 aliphatic rings. The minimum Gasteiger partial charge on any atom is -0.493 e. The van der Waals surface area contributed by atoms with Crippen LogP contribution in [0.15, 0.2) is 72.8 Å². The van der Waals surface area contributed by atoms with Crippen molar-refractivity contribution in [3.8, 4) is 17.2 Å². The molecule has 3 aromatic rings. The number of rotatable bonds is 9. The van der Waals surface area contributed by atoms with Gasteiger partial charge in [0.1, 0.15) is 6.61 Å². The predicted octanol–water partition coefficient (Wildman–Crippen LogP) is 4.82. The van der Waals surface area contributed by atoms with Crippen LogP contribution in [0.5, 0.6) is 17.2 Å². The van der Waals surface area contributed by atoms with Crippen molar-refractivity contribution in [3.63, 3.8) is 0 Å². The molecule has 0 fully saturated rings. The van der Waals surface area contributed by atoms with Gasteiger partial charge in [-0.3, -0.25) is 4.79 Å². The van der Waals surface area contributed by atoms with Gasteiger partial charge >= 0.3 is 0 Å². The molecule has 0 heterocycles. The van der Waals surface area contributed by atoms with Crippen LogP contribution in [-0.4, -0.2) is 26.7 Å². The highest BCUT2D eigenvalue weighted by Crippen LogP contribution is 2.39. The Morgan fingerprint density at radius 2 is 1.47 bits per heavy atom. The average molecular weight is 405 g/mol. The third-order valence-electron chi connectivity index (χ3n) is 4.89. The van der Waals surface area contributed by atoms with Crippen LogP contribution >= 0.6 is 0 Å². The molecule has 156 valence electrons. The van der Waals surface area contributed by atoms with E-state index in [0.29, 0.717) is 36.0 Å². The molecule has 1 atom stereocenters. The van der Waals surface area contributed by atoms with Gasteiger partial charge in [-0.1, -0.05) is 67.6 Å². The zero-order chi connectivity index (χ0) is 21.3. The van der Waals surface area contributed by atoms with Gasteiger partial charge in [0, 0.05) is 12.1 Å². The number of benzene rings is 3. The Hall–Kier alpha value is -3.47. The fraction of sp³-hybridized carbons (Fsp3) is 0.240. The van der Waals surface area contributed by atoms with Crippen LogP contribution in [0.25, 0.3) is 0 Å². The summed E-state index contributed by atoms with van der Waals surface area (Å²) in [6.07, 6.45) is 0. The van der Waals surface area contributed by atoms with Gasteiger partial charge in [0.2, 0.25) is 5.75 Å². The van der Waals surface area contributed by atoms with Crippen molar-refractivity contribution >= 4 is 5.91 Å². The van der Waals surface area contributed by atoms with Crippen molar-refractivity contribution in [1.29, 1.82) is 0 Å². The molecule has 0 unspecified atom stereocenters. The fourth-order valence-corrected chi connectivity index (χ4v) is 3.13. The highest BCUT2D eigenvalue weighted by atomic mass is 16.5. The Morgan fingerprint density at radius 3 is 2.03 bits per heavy atom. The Balaban J connectivity index is 1.72. The van der Waals surface area contributed by atoms with Gasteiger partial charge in [-0.05, 0) is 29.2 Å². The number of nitrogens with one attached hydrogen (secondary N) is 1. The molecular weight excluding hydrogens is 378 g/mol. The molecule has 1 amide bonds. The number of carbonyl (C=O) groups excluding carboxylic acids is 1. The molecule has 0 saturated heterocycles. The molecule has 0 spiro atoms. The molecule has 3 rings (SSSR count). The van der Waals surface area contributed by atoms with E-state index < -0.39 is 0 Å². The number of methoxy groups -OCH3 is 2. The molecule has 5 heteroatoms. The first-order valence-electron chi connectivity index (χ1n) is 9.88. The largest absolute Gasteiger partial charge is 0.493 e. The van der Waals surface area contributed by atoms with E-state index in [0.717, 1.165) is 5.56 Å². The molecule has 0 radical (unpaired) electrons. The van der Waals surface area contributed by atoms with Gasteiger partial charge in [0.15, 0.2) is 11.5 Å². The molecule has 30 heavy (non-hydrogen) atoms. The van der Waals surface area contributed by atoms with Crippen molar-refractivity contribution in [3.05, 3.63) is 89.5 Å².